The van der Waals surface area contributed by atoms with Crippen LogP contribution in [0.3, 0.4) is 0 Å². The molecule has 2 fully saturated rings. The monoisotopic (exact) mass is 429 g/mol. The molecular formula is C22H30F3NO4. The van der Waals surface area contributed by atoms with Crippen LogP contribution < -0.4 is 4.74 Å². The van der Waals surface area contributed by atoms with Crippen LogP contribution in [0.4, 0.5) is 18.0 Å². The fourth-order valence-corrected chi connectivity index (χ4v) is 5.30. The summed E-state index contributed by atoms with van der Waals surface area (Å²) in [6.45, 7) is 5.55. The van der Waals surface area contributed by atoms with Gasteiger partial charge in [-0.15, -0.1) is 13.2 Å². The zero-order valence-electron chi connectivity index (χ0n) is 17.6. The molecular weight excluding hydrogens is 399 g/mol. The second-order valence-corrected chi connectivity index (χ2v) is 9.51. The molecule has 0 bridgehead atoms. The van der Waals surface area contributed by atoms with Crippen LogP contribution in [0.15, 0.2) is 24.3 Å². The van der Waals surface area contributed by atoms with Crippen molar-refractivity contribution in [3.63, 3.8) is 0 Å². The van der Waals surface area contributed by atoms with Crippen molar-refractivity contribution >= 4 is 6.09 Å². The van der Waals surface area contributed by atoms with Crippen LogP contribution in [0, 0.1) is 5.92 Å². The molecule has 3 rings (SSSR count). The van der Waals surface area contributed by atoms with Crippen molar-refractivity contribution < 1.29 is 32.9 Å². The minimum Gasteiger partial charge on any atom is -0.465 e. The maximum atomic E-state index is 12.5. The number of ether oxygens (including phenoxy) is 1. The molecule has 1 unspecified atom stereocenters. The van der Waals surface area contributed by atoms with Gasteiger partial charge in [-0.3, -0.25) is 0 Å². The highest BCUT2D eigenvalue weighted by atomic mass is 19.4. The topological polar surface area (TPSA) is 70.0 Å². The molecule has 168 valence electrons. The van der Waals surface area contributed by atoms with Crippen molar-refractivity contribution in [1.29, 1.82) is 0 Å². The van der Waals surface area contributed by atoms with E-state index >= 15 is 0 Å². The predicted molar refractivity (Wildman–Crippen MR) is 105 cm³/mol. The Morgan fingerprint density at radius 1 is 1.13 bits per heavy atom. The van der Waals surface area contributed by atoms with Gasteiger partial charge in [0.2, 0.25) is 0 Å². The fraction of sp³-hybridized carbons (Fsp3) is 0.682. The summed E-state index contributed by atoms with van der Waals surface area (Å²) >= 11 is 0. The van der Waals surface area contributed by atoms with E-state index < -0.39 is 29.5 Å². The molecule has 2 aliphatic carbocycles. The smallest absolute Gasteiger partial charge is 0.465 e. The van der Waals surface area contributed by atoms with Crippen molar-refractivity contribution in [1.82, 2.24) is 4.90 Å². The SMILES string of the molecule is CC(C)(C)N(C(=O)O)[C@H]1CCC[C@H]1C(O)C1(c2ccc(OC(F)(F)F)cc2)CCC1. The molecule has 1 amide bonds. The Morgan fingerprint density at radius 2 is 1.73 bits per heavy atom. The second kappa shape index (κ2) is 7.94. The molecule has 30 heavy (non-hydrogen) atoms. The Labute approximate surface area is 174 Å². The number of benzene rings is 1. The molecule has 1 aromatic carbocycles. The van der Waals surface area contributed by atoms with Crippen LogP contribution in [0.5, 0.6) is 5.75 Å². The van der Waals surface area contributed by atoms with Gasteiger partial charge in [0.1, 0.15) is 5.75 Å². The molecule has 0 heterocycles. The third-order valence-electron chi connectivity index (χ3n) is 6.67. The Bertz CT molecular complexity index is 753. The van der Waals surface area contributed by atoms with Crippen molar-refractivity contribution in [2.45, 2.75) is 88.8 Å². The summed E-state index contributed by atoms with van der Waals surface area (Å²) in [4.78, 5) is 13.5. The maximum absolute atomic E-state index is 12.5. The van der Waals surface area contributed by atoms with Crippen molar-refractivity contribution in [3.05, 3.63) is 29.8 Å². The maximum Gasteiger partial charge on any atom is 0.573 e. The van der Waals surface area contributed by atoms with E-state index in [4.69, 9.17) is 0 Å². The number of carboxylic acid groups (broad SMARTS) is 1. The lowest BCUT2D eigenvalue weighted by Crippen LogP contribution is -2.58. The fourth-order valence-electron chi connectivity index (χ4n) is 5.30. The van der Waals surface area contributed by atoms with E-state index in [-0.39, 0.29) is 17.7 Å². The average molecular weight is 429 g/mol. The van der Waals surface area contributed by atoms with Crippen LogP contribution in [-0.2, 0) is 5.41 Å². The molecule has 2 saturated carbocycles. The van der Waals surface area contributed by atoms with E-state index in [2.05, 4.69) is 4.74 Å². The number of hydrogen-bond acceptors (Lipinski definition) is 3. The summed E-state index contributed by atoms with van der Waals surface area (Å²) in [7, 11) is 0. The highest BCUT2D eigenvalue weighted by Crippen LogP contribution is 2.52. The number of aliphatic hydroxyl groups is 1. The van der Waals surface area contributed by atoms with E-state index in [1.54, 1.807) is 12.1 Å². The van der Waals surface area contributed by atoms with Gasteiger partial charge < -0.3 is 19.8 Å². The zero-order chi connectivity index (χ0) is 22.3. The molecule has 1 aromatic rings. The van der Waals surface area contributed by atoms with Gasteiger partial charge in [0.15, 0.2) is 0 Å². The minimum absolute atomic E-state index is 0.216. The first-order chi connectivity index (χ1) is 13.8. The highest BCUT2D eigenvalue weighted by Gasteiger charge is 2.52. The Balaban J connectivity index is 1.86. The minimum atomic E-state index is -4.75. The van der Waals surface area contributed by atoms with Crippen LogP contribution in [0.25, 0.3) is 0 Å². The van der Waals surface area contributed by atoms with Crippen LogP contribution >= 0.6 is 0 Å². The number of aliphatic hydroxyl groups excluding tert-OH is 1. The molecule has 8 heteroatoms. The molecule has 0 spiro atoms. The number of carbonyl (C=O) groups is 1. The van der Waals surface area contributed by atoms with E-state index in [1.165, 1.54) is 17.0 Å². The average Bonchev–Trinajstić information content (AvgIpc) is 3.01. The lowest BCUT2D eigenvalue weighted by Gasteiger charge is -2.51. The van der Waals surface area contributed by atoms with Crippen LogP contribution in [0.2, 0.25) is 0 Å². The summed E-state index contributed by atoms with van der Waals surface area (Å²) in [5.74, 6) is -0.509. The largest absolute Gasteiger partial charge is 0.573 e. The normalized spacial score (nSPS) is 24.8. The molecule has 0 aromatic heterocycles. The number of nitrogens with zero attached hydrogens (tertiary/aromatic N) is 1. The first kappa shape index (κ1) is 22.7. The number of alkyl halides is 3. The summed E-state index contributed by atoms with van der Waals surface area (Å²) in [6.07, 6.45) is -1.90. The number of hydrogen-bond donors (Lipinski definition) is 2. The van der Waals surface area contributed by atoms with Crippen LogP contribution in [-0.4, -0.2) is 45.3 Å². The van der Waals surface area contributed by atoms with Gasteiger partial charge in [-0.05, 0) is 64.2 Å². The Kier molecular flexibility index (Phi) is 6.02. The molecule has 2 N–H and O–H groups in total. The molecule has 0 aliphatic heterocycles. The molecule has 2 aliphatic rings. The summed E-state index contributed by atoms with van der Waals surface area (Å²) < 4.78 is 41.3. The summed E-state index contributed by atoms with van der Waals surface area (Å²) in [5, 5.41) is 21.3. The van der Waals surface area contributed by atoms with Crippen molar-refractivity contribution in [3.8, 4) is 5.75 Å². The van der Waals surface area contributed by atoms with Gasteiger partial charge in [-0.2, -0.15) is 0 Å². The number of amides is 1. The van der Waals surface area contributed by atoms with Gasteiger partial charge in [0.25, 0.3) is 0 Å². The quantitative estimate of drug-likeness (QED) is 0.665. The van der Waals surface area contributed by atoms with E-state index in [0.29, 0.717) is 6.42 Å². The van der Waals surface area contributed by atoms with E-state index in [0.717, 1.165) is 37.7 Å². The van der Waals surface area contributed by atoms with Gasteiger partial charge in [0, 0.05) is 22.9 Å². The molecule has 0 saturated heterocycles. The standard InChI is InChI=1S/C22H30F3NO4/c1-20(2,3)26(19(28)29)17-7-4-6-16(17)18(27)21(12-5-13-21)14-8-10-15(11-9-14)30-22(23,24)25/h8-11,16-18,27H,4-7,12-13H2,1-3H3,(H,28,29)/t16-,17+,18?/m1/s1. The lowest BCUT2D eigenvalue weighted by atomic mass is 9.58. The first-order valence-electron chi connectivity index (χ1n) is 10.4. The van der Waals surface area contributed by atoms with Gasteiger partial charge in [0.05, 0.1) is 6.10 Å². The Morgan fingerprint density at radius 3 is 2.17 bits per heavy atom. The molecule has 3 atom stereocenters. The molecule has 5 nitrogen and oxygen atoms in total. The van der Waals surface area contributed by atoms with Crippen molar-refractivity contribution in [2.75, 3.05) is 0 Å². The van der Waals surface area contributed by atoms with E-state index in [1.807, 2.05) is 20.8 Å². The van der Waals surface area contributed by atoms with Crippen molar-refractivity contribution in [2.24, 2.45) is 5.92 Å². The third-order valence-corrected chi connectivity index (χ3v) is 6.67. The summed E-state index contributed by atoms with van der Waals surface area (Å²) in [6, 6.07) is 5.45. The molecule has 0 radical (unpaired) electrons. The van der Waals surface area contributed by atoms with Gasteiger partial charge >= 0.3 is 12.5 Å². The first-order valence-corrected chi connectivity index (χ1v) is 10.4. The summed E-state index contributed by atoms with van der Waals surface area (Å²) in [5.41, 5.74) is -0.382. The number of rotatable bonds is 5. The van der Waals surface area contributed by atoms with Gasteiger partial charge in [-0.25, -0.2) is 4.79 Å². The third kappa shape index (κ3) is 4.38. The zero-order valence-corrected chi connectivity index (χ0v) is 17.6. The van der Waals surface area contributed by atoms with E-state index in [9.17, 15) is 28.2 Å². The highest BCUT2D eigenvalue weighted by molar-refractivity contribution is 5.66. The predicted octanol–water partition coefficient (Wildman–Crippen LogP) is 5.32. The second-order valence-electron chi connectivity index (χ2n) is 9.51. The van der Waals surface area contributed by atoms with Crippen LogP contribution in [0.1, 0.15) is 64.9 Å². The van der Waals surface area contributed by atoms with Gasteiger partial charge in [-0.1, -0.05) is 25.0 Å². The number of halogens is 3. The Hall–Kier alpha value is -1.96. The lowest BCUT2D eigenvalue weighted by molar-refractivity contribution is -0.274.